The predicted octanol–water partition coefficient (Wildman–Crippen LogP) is 3.62. The number of benzene rings is 2. The SMILES string of the molecule is Cc1ccc(C)n1NC(=O)c1ccc(O[C@H](C)C(=O)Nc2ccc3c(c2)OCO3)cc1. The molecule has 0 aliphatic carbocycles. The van der Waals surface area contributed by atoms with Crippen LogP contribution in [0.2, 0.25) is 0 Å². The predicted molar refractivity (Wildman–Crippen MR) is 115 cm³/mol. The maximum absolute atomic E-state index is 12.5. The fourth-order valence-corrected chi connectivity index (χ4v) is 3.17. The zero-order chi connectivity index (χ0) is 22.0. The second-order valence-corrected chi connectivity index (χ2v) is 7.23. The molecule has 0 fully saturated rings. The van der Waals surface area contributed by atoms with Gasteiger partial charge in [0.25, 0.3) is 11.8 Å². The molecular weight excluding hydrogens is 398 g/mol. The topological polar surface area (TPSA) is 90.8 Å². The first-order valence-corrected chi connectivity index (χ1v) is 9.84. The van der Waals surface area contributed by atoms with Crippen LogP contribution < -0.4 is 25.0 Å². The van der Waals surface area contributed by atoms with Gasteiger partial charge < -0.3 is 19.5 Å². The molecule has 8 nitrogen and oxygen atoms in total. The molecule has 1 atom stereocenters. The number of amides is 2. The number of aromatic nitrogens is 1. The van der Waals surface area contributed by atoms with Gasteiger partial charge in [0, 0.05) is 28.7 Å². The van der Waals surface area contributed by atoms with E-state index >= 15 is 0 Å². The maximum atomic E-state index is 12.5. The van der Waals surface area contributed by atoms with E-state index in [4.69, 9.17) is 14.2 Å². The summed E-state index contributed by atoms with van der Waals surface area (Å²) < 4.78 is 18.0. The van der Waals surface area contributed by atoms with E-state index in [1.54, 1.807) is 54.1 Å². The van der Waals surface area contributed by atoms with Gasteiger partial charge in [-0.25, -0.2) is 0 Å². The average molecular weight is 421 g/mol. The van der Waals surface area contributed by atoms with E-state index in [0.29, 0.717) is 28.5 Å². The second-order valence-electron chi connectivity index (χ2n) is 7.23. The lowest BCUT2D eigenvalue weighted by molar-refractivity contribution is -0.122. The Balaban J connectivity index is 1.34. The number of hydrogen-bond donors (Lipinski definition) is 2. The van der Waals surface area contributed by atoms with Gasteiger partial charge in [0.15, 0.2) is 17.6 Å². The number of fused-ring (bicyclic) bond motifs is 1. The summed E-state index contributed by atoms with van der Waals surface area (Å²) in [5.41, 5.74) is 5.80. The minimum atomic E-state index is -0.740. The monoisotopic (exact) mass is 421 g/mol. The zero-order valence-corrected chi connectivity index (χ0v) is 17.5. The molecule has 8 heteroatoms. The highest BCUT2D eigenvalue weighted by atomic mass is 16.7. The van der Waals surface area contributed by atoms with Crippen molar-refractivity contribution in [3.05, 3.63) is 71.5 Å². The van der Waals surface area contributed by atoms with Crippen LogP contribution in [0.1, 0.15) is 28.7 Å². The van der Waals surface area contributed by atoms with E-state index in [-0.39, 0.29) is 18.6 Å². The number of nitrogens with zero attached hydrogens (tertiary/aromatic N) is 1. The van der Waals surface area contributed by atoms with Crippen molar-refractivity contribution in [2.75, 3.05) is 17.5 Å². The van der Waals surface area contributed by atoms with Crippen molar-refractivity contribution in [2.45, 2.75) is 26.9 Å². The first-order valence-electron chi connectivity index (χ1n) is 9.84. The first kappa shape index (κ1) is 20.3. The minimum Gasteiger partial charge on any atom is -0.481 e. The summed E-state index contributed by atoms with van der Waals surface area (Å²) in [5, 5.41) is 2.79. The van der Waals surface area contributed by atoms with Gasteiger partial charge in [0.2, 0.25) is 6.79 Å². The summed E-state index contributed by atoms with van der Waals surface area (Å²) >= 11 is 0. The molecule has 160 valence electrons. The van der Waals surface area contributed by atoms with Gasteiger partial charge in [-0.15, -0.1) is 0 Å². The molecule has 0 spiro atoms. The Morgan fingerprint density at radius 3 is 2.35 bits per heavy atom. The van der Waals surface area contributed by atoms with Gasteiger partial charge in [-0.1, -0.05) is 0 Å². The third-order valence-corrected chi connectivity index (χ3v) is 4.92. The normalized spacial score (nSPS) is 12.9. The molecule has 2 heterocycles. The molecule has 1 aliphatic rings. The average Bonchev–Trinajstić information content (AvgIpc) is 3.35. The summed E-state index contributed by atoms with van der Waals surface area (Å²) in [6, 6.07) is 15.7. The fourth-order valence-electron chi connectivity index (χ4n) is 3.17. The van der Waals surface area contributed by atoms with Gasteiger partial charge in [0.1, 0.15) is 5.75 Å². The lowest BCUT2D eigenvalue weighted by Gasteiger charge is -2.15. The molecule has 0 saturated carbocycles. The summed E-state index contributed by atoms with van der Waals surface area (Å²) in [6.07, 6.45) is -0.740. The highest BCUT2D eigenvalue weighted by molar-refractivity contribution is 6.00. The molecule has 31 heavy (non-hydrogen) atoms. The Kier molecular flexibility index (Phi) is 5.53. The highest BCUT2D eigenvalue weighted by Gasteiger charge is 2.18. The molecule has 3 aromatic rings. The van der Waals surface area contributed by atoms with E-state index in [1.807, 2.05) is 26.0 Å². The summed E-state index contributed by atoms with van der Waals surface area (Å²) in [5.74, 6) is 1.18. The van der Waals surface area contributed by atoms with Crippen LogP contribution in [0.25, 0.3) is 0 Å². The summed E-state index contributed by atoms with van der Waals surface area (Å²) in [6.45, 7) is 5.66. The first-order chi connectivity index (χ1) is 14.9. The quantitative estimate of drug-likeness (QED) is 0.634. The largest absolute Gasteiger partial charge is 0.481 e. The number of nitrogens with one attached hydrogen (secondary N) is 2. The standard InChI is InChI=1S/C23H23N3O5/c1-14-4-5-15(2)26(14)25-23(28)17-6-9-19(10-7-17)31-16(3)22(27)24-18-8-11-20-21(12-18)30-13-29-20/h4-12,16H,13H2,1-3H3,(H,24,27)(H,25,28)/t16-/m1/s1. The number of carbonyl (C=O) groups excluding carboxylic acids is 2. The van der Waals surface area contributed by atoms with Gasteiger partial charge in [0.05, 0.1) is 0 Å². The van der Waals surface area contributed by atoms with Crippen LogP contribution >= 0.6 is 0 Å². The number of rotatable bonds is 6. The number of anilines is 1. The van der Waals surface area contributed by atoms with Crippen LogP contribution in [0.5, 0.6) is 17.2 Å². The molecule has 2 amide bonds. The molecule has 4 rings (SSSR count). The molecule has 0 unspecified atom stereocenters. The Morgan fingerprint density at radius 2 is 1.65 bits per heavy atom. The van der Waals surface area contributed by atoms with Crippen molar-refractivity contribution in [3.63, 3.8) is 0 Å². The number of ether oxygens (including phenoxy) is 3. The van der Waals surface area contributed by atoms with Gasteiger partial charge in [-0.05, 0) is 69.3 Å². The van der Waals surface area contributed by atoms with Gasteiger partial charge in [-0.2, -0.15) is 0 Å². The highest BCUT2D eigenvalue weighted by Crippen LogP contribution is 2.34. The Bertz CT molecular complexity index is 1100. The van der Waals surface area contributed by atoms with E-state index in [2.05, 4.69) is 10.7 Å². The van der Waals surface area contributed by atoms with E-state index in [1.165, 1.54) is 0 Å². The molecule has 1 aromatic heterocycles. The fraction of sp³-hybridized carbons (Fsp3) is 0.217. The second kappa shape index (κ2) is 8.43. The van der Waals surface area contributed by atoms with Crippen LogP contribution in [0.4, 0.5) is 5.69 Å². The van der Waals surface area contributed by atoms with E-state index in [9.17, 15) is 9.59 Å². The summed E-state index contributed by atoms with van der Waals surface area (Å²) in [7, 11) is 0. The Morgan fingerprint density at radius 1 is 0.968 bits per heavy atom. The van der Waals surface area contributed by atoms with E-state index < -0.39 is 6.10 Å². The van der Waals surface area contributed by atoms with E-state index in [0.717, 1.165) is 11.4 Å². The molecule has 0 saturated heterocycles. The lowest BCUT2D eigenvalue weighted by Crippen LogP contribution is -2.30. The van der Waals surface area contributed by atoms with Crippen LogP contribution in [0.3, 0.4) is 0 Å². The maximum Gasteiger partial charge on any atom is 0.270 e. The Labute approximate surface area is 179 Å². The molecule has 2 aromatic carbocycles. The molecular formula is C23H23N3O5. The van der Waals surface area contributed by atoms with Crippen LogP contribution in [-0.2, 0) is 4.79 Å². The summed E-state index contributed by atoms with van der Waals surface area (Å²) in [4.78, 5) is 24.9. The minimum absolute atomic E-state index is 0.172. The Hall–Kier alpha value is -3.94. The van der Waals surface area contributed by atoms with Gasteiger partial charge >= 0.3 is 0 Å². The number of hydrogen-bond acceptors (Lipinski definition) is 5. The van der Waals surface area contributed by atoms with Crippen LogP contribution in [0, 0.1) is 13.8 Å². The molecule has 1 aliphatic heterocycles. The van der Waals surface area contributed by atoms with Crippen molar-refractivity contribution in [3.8, 4) is 17.2 Å². The van der Waals surface area contributed by atoms with Crippen molar-refractivity contribution in [2.24, 2.45) is 0 Å². The lowest BCUT2D eigenvalue weighted by atomic mass is 10.2. The number of carbonyl (C=O) groups is 2. The van der Waals surface area contributed by atoms with Gasteiger partial charge in [-0.3, -0.25) is 19.7 Å². The number of aryl methyl sites for hydroxylation is 2. The zero-order valence-electron chi connectivity index (χ0n) is 17.5. The molecule has 2 N–H and O–H groups in total. The third-order valence-electron chi connectivity index (χ3n) is 4.92. The van der Waals surface area contributed by atoms with Crippen molar-refractivity contribution >= 4 is 17.5 Å². The third kappa shape index (κ3) is 4.48. The van der Waals surface area contributed by atoms with Crippen molar-refractivity contribution < 1.29 is 23.8 Å². The molecule has 0 radical (unpaired) electrons. The smallest absolute Gasteiger partial charge is 0.270 e. The van der Waals surface area contributed by atoms with Crippen LogP contribution in [0.15, 0.2) is 54.6 Å². The van der Waals surface area contributed by atoms with Crippen LogP contribution in [-0.4, -0.2) is 29.4 Å². The van der Waals surface area contributed by atoms with Crippen molar-refractivity contribution in [1.29, 1.82) is 0 Å². The van der Waals surface area contributed by atoms with Crippen molar-refractivity contribution in [1.82, 2.24) is 4.68 Å². The molecule has 0 bridgehead atoms.